The van der Waals surface area contributed by atoms with E-state index in [-0.39, 0.29) is 0 Å². The zero-order valence-electron chi connectivity index (χ0n) is 9.05. The second kappa shape index (κ2) is 5.38. The van der Waals surface area contributed by atoms with Gasteiger partial charge in [-0.15, -0.1) is 0 Å². The Hall–Kier alpha value is -0.370. The van der Waals surface area contributed by atoms with Gasteiger partial charge < -0.3 is 4.74 Å². The van der Waals surface area contributed by atoms with Crippen LogP contribution in [0, 0.1) is 5.92 Å². The summed E-state index contributed by atoms with van der Waals surface area (Å²) in [7, 11) is 1.80. The van der Waals surface area contributed by atoms with Crippen LogP contribution in [0.1, 0.15) is 39.5 Å². The first-order valence-electron chi connectivity index (χ1n) is 5.34. The molecule has 13 heavy (non-hydrogen) atoms. The van der Waals surface area contributed by atoms with Crippen molar-refractivity contribution in [3.8, 4) is 0 Å². The fraction of sp³-hybridized carbons (Fsp3) is 0.909. The standard InChI is InChI=1S/C11H21NO/c1-4-5-6-12-11-8-10(13-3)7-9(11)2/h9-10H,4-8H2,1-3H3. The summed E-state index contributed by atoms with van der Waals surface area (Å²) in [5, 5.41) is 0. The molecular formula is C11H21NO. The van der Waals surface area contributed by atoms with Gasteiger partial charge in [-0.25, -0.2) is 0 Å². The van der Waals surface area contributed by atoms with Gasteiger partial charge in [0.2, 0.25) is 0 Å². The third-order valence-electron chi connectivity index (χ3n) is 2.78. The van der Waals surface area contributed by atoms with Crippen molar-refractivity contribution in [1.82, 2.24) is 0 Å². The normalized spacial score (nSPS) is 31.5. The van der Waals surface area contributed by atoms with Crippen LogP contribution in [-0.4, -0.2) is 25.5 Å². The Balaban J connectivity index is 2.37. The van der Waals surface area contributed by atoms with Gasteiger partial charge in [0.15, 0.2) is 0 Å². The molecule has 76 valence electrons. The molecule has 2 heteroatoms. The van der Waals surface area contributed by atoms with Gasteiger partial charge >= 0.3 is 0 Å². The minimum Gasteiger partial charge on any atom is -0.381 e. The van der Waals surface area contributed by atoms with E-state index in [4.69, 9.17) is 4.74 Å². The van der Waals surface area contributed by atoms with Gasteiger partial charge in [0.1, 0.15) is 0 Å². The largest absolute Gasteiger partial charge is 0.381 e. The number of hydrogen-bond acceptors (Lipinski definition) is 2. The first-order chi connectivity index (χ1) is 6.27. The van der Waals surface area contributed by atoms with E-state index >= 15 is 0 Å². The fourth-order valence-corrected chi connectivity index (χ4v) is 1.83. The Morgan fingerprint density at radius 1 is 1.54 bits per heavy atom. The third kappa shape index (κ3) is 3.11. The van der Waals surface area contributed by atoms with Gasteiger partial charge in [0, 0.05) is 25.8 Å². The SMILES string of the molecule is CCCCN=C1CC(OC)CC1C. The summed E-state index contributed by atoms with van der Waals surface area (Å²) in [6.07, 6.45) is 5.09. The summed E-state index contributed by atoms with van der Waals surface area (Å²) in [6.45, 7) is 5.46. The van der Waals surface area contributed by atoms with Crippen molar-refractivity contribution in [3.05, 3.63) is 0 Å². The zero-order valence-corrected chi connectivity index (χ0v) is 9.05. The van der Waals surface area contributed by atoms with Crippen LogP contribution in [0.25, 0.3) is 0 Å². The van der Waals surface area contributed by atoms with Crippen molar-refractivity contribution in [1.29, 1.82) is 0 Å². The molecule has 0 spiro atoms. The minimum absolute atomic E-state index is 0.426. The predicted octanol–water partition coefficient (Wildman–Crippen LogP) is 2.67. The van der Waals surface area contributed by atoms with E-state index in [9.17, 15) is 0 Å². The van der Waals surface area contributed by atoms with Crippen molar-refractivity contribution >= 4 is 5.71 Å². The molecule has 2 unspecified atom stereocenters. The quantitative estimate of drug-likeness (QED) is 0.614. The summed E-state index contributed by atoms with van der Waals surface area (Å²) >= 11 is 0. The van der Waals surface area contributed by atoms with Crippen LogP contribution in [0.5, 0.6) is 0 Å². The minimum atomic E-state index is 0.426. The summed E-state index contributed by atoms with van der Waals surface area (Å²) in [5.74, 6) is 0.641. The molecule has 1 aliphatic rings. The Kier molecular flexibility index (Phi) is 4.43. The maximum absolute atomic E-state index is 5.34. The molecule has 2 atom stereocenters. The lowest BCUT2D eigenvalue weighted by molar-refractivity contribution is 0.108. The van der Waals surface area contributed by atoms with E-state index < -0.39 is 0 Å². The van der Waals surface area contributed by atoms with Crippen LogP contribution in [-0.2, 0) is 4.74 Å². The summed E-state index contributed by atoms with van der Waals surface area (Å²) in [6, 6.07) is 0. The number of unbranched alkanes of at least 4 members (excludes halogenated alkanes) is 1. The lowest BCUT2D eigenvalue weighted by atomic mass is 10.1. The molecule has 2 nitrogen and oxygen atoms in total. The van der Waals surface area contributed by atoms with Crippen molar-refractivity contribution < 1.29 is 4.74 Å². The van der Waals surface area contributed by atoms with Gasteiger partial charge in [-0.05, 0) is 18.8 Å². The molecule has 0 bridgehead atoms. The Morgan fingerprint density at radius 3 is 2.85 bits per heavy atom. The number of nitrogens with zero attached hydrogens (tertiary/aromatic N) is 1. The Labute approximate surface area is 81.4 Å². The van der Waals surface area contributed by atoms with E-state index in [0.717, 1.165) is 19.4 Å². The van der Waals surface area contributed by atoms with Gasteiger partial charge in [-0.1, -0.05) is 20.3 Å². The van der Waals surface area contributed by atoms with E-state index in [1.165, 1.54) is 18.6 Å². The topological polar surface area (TPSA) is 21.6 Å². The van der Waals surface area contributed by atoms with Crippen LogP contribution in [0.15, 0.2) is 4.99 Å². The lowest BCUT2D eigenvalue weighted by Crippen LogP contribution is -2.04. The van der Waals surface area contributed by atoms with Crippen LogP contribution < -0.4 is 0 Å². The molecule has 1 aliphatic carbocycles. The van der Waals surface area contributed by atoms with E-state index in [1.54, 1.807) is 7.11 Å². The molecule has 0 aromatic carbocycles. The van der Waals surface area contributed by atoms with E-state index in [2.05, 4.69) is 18.8 Å². The molecular weight excluding hydrogens is 162 g/mol. The van der Waals surface area contributed by atoms with Crippen LogP contribution >= 0.6 is 0 Å². The van der Waals surface area contributed by atoms with Crippen molar-refractivity contribution in [2.45, 2.75) is 45.6 Å². The average molecular weight is 183 g/mol. The maximum atomic E-state index is 5.34. The molecule has 0 saturated heterocycles. The molecule has 0 N–H and O–H groups in total. The van der Waals surface area contributed by atoms with E-state index in [1.807, 2.05) is 0 Å². The molecule has 0 aliphatic heterocycles. The van der Waals surface area contributed by atoms with Crippen molar-refractivity contribution in [2.75, 3.05) is 13.7 Å². The summed E-state index contributed by atoms with van der Waals surface area (Å²) < 4.78 is 5.34. The second-order valence-corrected chi connectivity index (χ2v) is 3.93. The monoisotopic (exact) mass is 183 g/mol. The van der Waals surface area contributed by atoms with E-state index in [0.29, 0.717) is 12.0 Å². The molecule has 1 fully saturated rings. The number of hydrogen-bond donors (Lipinski definition) is 0. The molecule has 0 heterocycles. The first-order valence-corrected chi connectivity index (χ1v) is 5.34. The smallest absolute Gasteiger partial charge is 0.0629 e. The predicted molar refractivity (Wildman–Crippen MR) is 56.4 cm³/mol. The molecule has 0 radical (unpaired) electrons. The summed E-state index contributed by atoms with van der Waals surface area (Å²) in [5.41, 5.74) is 1.38. The molecule has 1 rings (SSSR count). The van der Waals surface area contributed by atoms with Gasteiger partial charge in [-0.3, -0.25) is 4.99 Å². The Bertz CT molecular complexity index is 177. The van der Waals surface area contributed by atoms with Gasteiger partial charge in [0.25, 0.3) is 0 Å². The number of rotatable bonds is 4. The van der Waals surface area contributed by atoms with Gasteiger partial charge in [0.05, 0.1) is 6.10 Å². The first kappa shape index (κ1) is 10.7. The van der Waals surface area contributed by atoms with Crippen LogP contribution in [0.4, 0.5) is 0 Å². The highest BCUT2D eigenvalue weighted by atomic mass is 16.5. The van der Waals surface area contributed by atoms with Crippen LogP contribution in [0.2, 0.25) is 0 Å². The molecule has 0 amide bonds. The van der Waals surface area contributed by atoms with Gasteiger partial charge in [-0.2, -0.15) is 0 Å². The third-order valence-corrected chi connectivity index (χ3v) is 2.78. The Morgan fingerprint density at radius 2 is 2.31 bits per heavy atom. The molecule has 0 aromatic heterocycles. The molecule has 1 saturated carbocycles. The fourth-order valence-electron chi connectivity index (χ4n) is 1.83. The highest BCUT2D eigenvalue weighted by Gasteiger charge is 2.26. The average Bonchev–Trinajstić information content (AvgIpc) is 2.48. The number of methoxy groups -OCH3 is 1. The number of aliphatic imine (C=N–C) groups is 1. The zero-order chi connectivity index (χ0) is 9.68. The second-order valence-electron chi connectivity index (χ2n) is 3.93. The maximum Gasteiger partial charge on any atom is 0.0629 e. The highest BCUT2D eigenvalue weighted by Crippen LogP contribution is 2.24. The van der Waals surface area contributed by atoms with Crippen molar-refractivity contribution in [3.63, 3.8) is 0 Å². The van der Waals surface area contributed by atoms with Crippen molar-refractivity contribution in [2.24, 2.45) is 10.9 Å². The summed E-state index contributed by atoms with van der Waals surface area (Å²) in [4.78, 5) is 4.63. The van der Waals surface area contributed by atoms with Crippen LogP contribution in [0.3, 0.4) is 0 Å². The number of ether oxygens (including phenoxy) is 1. The highest BCUT2D eigenvalue weighted by molar-refractivity contribution is 5.89. The lowest BCUT2D eigenvalue weighted by Gasteiger charge is -2.03. The molecule has 0 aromatic rings.